The second kappa shape index (κ2) is 12.7. The standard InChI is InChI=1S/C28H37N3O5/c1-35-25-14-8-7-10-20(25)16-29-27(33)23-18-31(17-22-13-9-15-36-22)19-24(26(23)32)28(34)30-21-11-5-3-2-4-6-12-21/h7-8,10,14,18-19,21-22H,2-6,9,11-13,15-17H2,1H3,(H,29,33)(H,30,34)/t22-/m1/s1. The second-order valence-electron chi connectivity index (χ2n) is 9.76. The van der Waals surface area contributed by atoms with Crippen molar-refractivity contribution in [3.8, 4) is 5.75 Å². The summed E-state index contributed by atoms with van der Waals surface area (Å²) in [6.07, 6.45) is 12.5. The lowest BCUT2D eigenvalue weighted by Crippen LogP contribution is -2.40. The van der Waals surface area contributed by atoms with Gasteiger partial charge in [0.05, 0.1) is 13.2 Å². The number of hydrogen-bond acceptors (Lipinski definition) is 5. The summed E-state index contributed by atoms with van der Waals surface area (Å²) in [7, 11) is 1.57. The summed E-state index contributed by atoms with van der Waals surface area (Å²) in [5.41, 5.74) is 0.193. The average molecular weight is 496 g/mol. The number of amides is 2. The number of para-hydroxylation sites is 1. The van der Waals surface area contributed by atoms with Crippen molar-refractivity contribution >= 4 is 11.8 Å². The molecule has 0 spiro atoms. The highest BCUT2D eigenvalue weighted by molar-refractivity contribution is 5.99. The Balaban J connectivity index is 1.56. The number of benzene rings is 1. The van der Waals surface area contributed by atoms with Gasteiger partial charge in [0.2, 0.25) is 5.43 Å². The van der Waals surface area contributed by atoms with E-state index in [2.05, 4.69) is 10.6 Å². The minimum atomic E-state index is -0.556. The summed E-state index contributed by atoms with van der Waals surface area (Å²) in [5.74, 6) is -0.278. The number of aromatic nitrogens is 1. The Labute approximate surface area is 212 Å². The Morgan fingerprint density at radius 1 is 0.972 bits per heavy atom. The molecule has 2 aromatic rings. The van der Waals surface area contributed by atoms with E-state index in [1.165, 1.54) is 25.5 Å². The first kappa shape index (κ1) is 25.9. The van der Waals surface area contributed by atoms with Crippen molar-refractivity contribution in [2.24, 2.45) is 0 Å². The Morgan fingerprint density at radius 2 is 1.67 bits per heavy atom. The largest absolute Gasteiger partial charge is 0.496 e. The van der Waals surface area contributed by atoms with Gasteiger partial charge in [0.25, 0.3) is 11.8 Å². The third-order valence-corrected chi connectivity index (χ3v) is 7.08. The first-order valence-electron chi connectivity index (χ1n) is 13.1. The molecule has 1 saturated carbocycles. The molecular formula is C28H37N3O5. The van der Waals surface area contributed by atoms with Gasteiger partial charge in [-0.2, -0.15) is 0 Å². The zero-order valence-corrected chi connectivity index (χ0v) is 21.1. The van der Waals surface area contributed by atoms with Gasteiger partial charge >= 0.3 is 0 Å². The molecule has 0 unspecified atom stereocenters. The van der Waals surface area contributed by atoms with Crippen LogP contribution >= 0.6 is 0 Å². The van der Waals surface area contributed by atoms with Crippen LogP contribution in [0.3, 0.4) is 0 Å². The molecule has 2 amide bonds. The van der Waals surface area contributed by atoms with E-state index in [4.69, 9.17) is 9.47 Å². The van der Waals surface area contributed by atoms with Crippen LogP contribution in [0.5, 0.6) is 5.75 Å². The molecule has 4 rings (SSSR count). The highest BCUT2D eigenvalue weighted by atomic mass is 16.5. The van der Waals surface area contributed by atoms with Gasteiger partial charge in [-0.15, -0.1) is 0 Å². The normalized spacial score (nSPS) is 18.8. The van der Waals surface area contributed by atoms with Gasteiger partial charge in [-0.3, -0.25) is 14.4 Å². The Bertz CT molecular complexity index is 1100. The molecule has 0 bridgehead atoms. The first-order chi connectivity index (χ1) is 17.5. The second-order valence-corrected chi connectivity index (χ2v) is 9.76. The fourth-order valence-corrected chi connectivity index (χ4v) is 5.07. The van der Waals surface area contributed by atoms with Crippen LogP contribution in [0.25, 0.3) is 0 Å². The van der Waals surface area contributed by atoms with Gasteiger partial charge < -0.3 is 24.7 Å². The van der Waals surface area contributed by atoms with Gasteiger partial charge in [0.1, 0.15) is 16.9 Å². The Hall–Kier alpha value is -3.13. The number of carbonyl (C=O) groups excluding carboxylic acids is 2. The quantitative estimate of drug-likeness (QED) is 0.580. The van der Waals surface area contributed by atoms with Crippen LogP contribution in [0.15, 0.2) is 41.5 Å². The molecule has 8 nitrogen and oxygen atoms in total. The Kier molecular flexibility index (Phi) is 9.17. The summed E-state index contributed by atoms with van der Waals surface area (Å²) in [6.45, 7) is 1.38. The molecule has 2 fully saturated rings. The molecule has 1 aliphatic carbocycles. The number of methoxy groups -OCH3 is 1. The van der Waals surface area contributed by atoms with E-state index in [0.717, 1.165) is 44.1 Å². The van der Waals surface area contributed by atoms with E-state index < -0.39 is 17.2 Å². The van der Waals surface area contributed by atoms with Crippen LogP contribution in [-0.4, -0.2) is 42.2 Å². The predicted octanol–water partition coefficient (Wildman–Crippen LogP) is 3.81. The highest BCUT2D eigenvalue weighted by Crippen LogP contribution is 2.19. The fourth-order valence-electron chi connectivity index (χ4n) is 5.07. The predicted molar refractivity (Wildman–Crippen MR) is 137 cm³/mol. The van der Waals surface area contributed by atoms with Crippen molar-refractivity contribution in [3.05, 3.63) is 63.6 Å². The molecule has 1 aromatic heterocycles. The van der Waals surface area contributed by atoms with Crippen molar-refractivity contribution in [2.45, 2.75) is 83.0 Å². The molecule has 1 aliphatic heterocycles. The molecule has 2 aliphatic rings. The van der Waals surface area contributed by atoms with Crippen molar-refractivity contribution in [3.63, 3.8) is 0 Å². The zero-order valence-electron chi connectivity index (χ0n) is 21.1. The van der Waals surface area contributed by atoms with Crippen LogP contribution in [0.2, 0.25) is 0 Å². The topological polar surface area (TPSA) is 98.7 Å². The molecule has 1 saturated heterocycles. The molecule has 2 N–H and O–H groups in total. The average Bonchev–Trinajstić information content (AvgIpc) is 3.38. The third kappa shape index (κ3) is 6.75. The monoisotopic (exact) mass is 495 g/mol. The molecule has 194 valence electrons. The molecule has 0 radical (unpaired) electrons. The SMILES string of the molecule is COc1ccccc1CNC(=O)c1cn(C[C@H]2CCCO2)cc(C(=O)NC2CCCCCCC2)c1=O. The fraction of sp³-hybridized carbons (Fsp3) is 0.536. The van der Waals surface area contributed by atoms with Gasteiger partial charge in [-0.1, -0.05) is 50.3 Å². The number of hydrogen-bond donors (Lipinski definition) is 2. The lowest BCUT2D eigenvalue weighted by atomic mass is 9.96. The molecular weight excluding hydrogens is 458 g/mol. The smallest absolute Gasteiger partial charge is 0.257 e. The minimum Gasteiger partial charge on any atom is -0.496 e. The summed E-state index contributed by atoms with van der Waals surface area (Å²) in [6, 6.07) is 7.43. The lowest BCUT2D eigenvalue weighted by molar-refractivity contribution is 0.0914. The summed E-state index contributed by atoms with van der Waals surface area (Å²) >= 11 is 0. The maximum Gasteiger partial charge on any atom is 0.257 e. The highest BCUT2D eigenvalue weighted by Gasteiger charge is 2.24. The number of rotatable bonds is 8. The van der Waals surface area contributed by atoms with E-state index in [9.17, 15) is 14.4 Å². The van der Waals surface area contributed by atoms with E-state index in [0.29, 0.717) is 18.9 Å². The van der Waals surface area contributed by atoms with E-state index in [1.807, 2.05) is 24.3 Å². The van der Waals surface area contributed by atoms with E-state index in [-0.39, 0.29) is 29.8 Å². The van der Waals surface area contributed by atoms with Gasteiger partial charge in [-0.05, 0) is 31.7 Å². The van der Waals surface area contributed by atoms with Crippen molar-refractivity contribution in [2.75, 3.05) is 13.7 Å². The zero-order chi connectivity index (χ0) is 25.3. The van der Waals surface area contributed by atoms with Crippen molar-refractivity contribution in [1.29, 1.82) is 0 Å². The van der Waals surface area contributed by atoms with Crippen LogP contribution in [0, 0.1) is 0 Å². The van der Waals surface area contributed by atoms with Crippen LogP contribution in [0.4, 0.5) is 0 Å². The van der Waals surface area contributed by atoms with Gasteiger partial charge in [0, 0.05) is 43.7 Å². The first-order valence-corrected chi connectivity index (χ1v) is 13.1. The summed E-state index contributed by atoms with van der Waals surface area (Å²) < 4.78 is 12.9. The summed E-state index contributed by atoms with van der Waals surface area (Å²) in [5, 5.41) is 5.89. The Morgan fingerprint density at radius 3 is 2.36 bits per heavy atom. The minimum absolute atomic E-state index is 0.00000181. The van der Waals surface area contributed by atoms with Crippen LogP contribution < -0.4 is 20.8 Å². The van der Waals surface area contributed by atoms with Gasteiger partial charge in [-0.25, -0.2) is 0 Å². The maximum absolute atomic E-state index is 13.3. The van der Waals surface area contributed by atoms with Gasteiger partial charge in [0.15, 0.2) is 0 Å². The van der Waals surface area contributed by atoms with Crippen LogP contribution in [0.1, 0.15) is 84.1 Å². The molecule has 1 aromatic carbocycles. The van der Waals surface area contributed by atoms with E-state index >= 15 is 0 Å². The van der Waals surface area contributed by atoms with Crippen molar-refractivity contribution < 1.29 is 19.1 Å². The number of pyridine rings is 1. The third-order valence-electron chi connectivity index (χ3n) is 7.08. The lowest BCUT2D eigenvalue weighted by Gasteiger charge is -2.21. The number of carbonyl (C=O) groups is 2. The van der Waals surface area contributed by atoms with Crippen molar-refractivity contribution in [1.82, 2.24) is 15.2 Å². The molecule has 8 heteroatoms. The number of nitrogens with zero attached hydrogens (tertiary/aromatic N) is 1. The molecule has 2 heterocycles. The molecule has 36 heavy (non-hydrogen) atoms. The molecule has 1 atom stereocenters. The number of nitrogens with one attached hydrogen (secondary N) is 2. The number of ether oxygens (including phenoxy) is 2. The van der Waals surface area contributed by atoms with Crippen LogP contribution in [-0.2, 0) is 17.8 Å². The maximum atomic E-state index is 13.3. The van der Waals surface area contributed by atoms with E-state index in [1.54, 1.807) is 17.9 Å². The summed E-state index contributed by atoms with van der Waals surface area (Å²) in [4.78, 5) is 39.8.